The molecule has 120 valence electrons. The van der Waals surface area contributed by atoms with E-state index >= 15 is 0 Å². The summed E-state index contributed by atoms with van der Waals surface area (Å²) in [6.45, 7) is 11.9. The summed E-state index contributed by atoms with van der Waals surface area (Å²) in [5.74, 6) is 0.283. The molecule has 0 aromatic heterocycles. The molecule has 0 aromatic carbocycles. The number of hydrogen-bond acceptors (Lipinski definition) is 3. The van der Waals surface area contributed by atoms with Crippen LogP contribution in [0.25, 0.3) is 0 Å². The quantitative estimate of drug-likeness (QED) is 0.812. The van der Waals surface area contributed by atoms with Crippen LogP contribution in [0.15, 0.2) is 0 Å². The van der Waals surface area contributed by atoms with Crippen molar-refractivity contribution in [2.75, 3.05) is 19.6 Å². The average Bonchev–Trinajstić information content (AvgIpc) is 2.24. The van der Waals surface area contributed by atoms with E-state index in [1.807, 2.05) is 13.8 Å². The zero-order valence-corrected chi connectivity index (χ0v) is 14.4. The van der Waals surface area contributed by atoms with Crippen LogP contribution in [-0.4, -0.2) is 37.9 Å². The maximum absolute atomic E-state index is 12.5. The van der Waals surface area contributed by atoms with Gasteiger partial charge in [-0.3, -0.25) is 0 Å². The third kappa shape index (κ3) is 5.68. The fourth-order valence-electron chi connectivity index (χ4n) is 3.21. The molecule has 3 N–H and O–H groups in total. The molecule has 1 unspecified atom stereocenters. The van der Waals surface area contributed by atoms with Crippen LogP contribution in [-0.2, 0) is 10.2 Å². The van der Waals surface area contributed by atoms with Crippen molar-refractivity contribution in [3.8, 4) is 0 Å². The second-order valence-electron chi connectivity index (χ2n) is 7.83. The molecular formula is C14H31N3O2S. The van der Waals surface area contributed by atoms with Gasteiger partial charge in [0.1, 0.15) is 0 Å². The number of piperidine rings is 1. The predicted molar refractivity (Wildman–Crippen MR) is 83.6 cm³/mol. The topological polar surface area (TPSA) is 75.4 Å². The van der Waals surface area contributed by atoms with Crippen molar-refractivity contribution in [1.82, 2.24) is 9.03 Å². The highest BCUT2D eigenvalue weighted by molar-refractivity contribution is 7.87. The highest BCUT2D eigenvalue weighted by atomic mass is 32.2. The lowest BCUT2D eigenvalue weighted by molar-refractivity contribution is 0.244. The van der Waals surface area contributed by atoms with Crippen LogP contribution in [0.4, 0.5) is 0 Å². The van der Waals surface area contributed by atoms with E-state index in [9.17, 15) is 8.42 Å². The standard InChI is InChI=1S/C14H31N3O2S/c1-13(2,3)11-14(4,5)16-20(18,19)17-8-6-7-12(9-15)10-17/h12,16H,6-11,15H2,1-5H3. The van der Waals surface area contributed by atoms with Gasteiger partial charge in [0.15, 0.2) is 0 Å². The molecule has 0 radical (unpaired) electrons. The third-order valence-corrected chi connectivity index (χ3v) is 5.35. The number of nitrogens with one attached hydrogen (secondary N) is 1. The minimum atomic E-state index is -3.43. The summed E-state index contributed by atoms with van der Waals surface area (Å²) in [6, 6.07) is 0. The molecule has 1 atom stereocenters. The van der Waals surface area contributed by atoms with E-state index in [0.29, 0.717) is 19.6 Å². The fraction of sp³-hybridized carbons (Fsp3) is 1.00. The largest absolute Gasteiger partial charge is 0.330 e. The molecule has 6 heteroatoms. The van der Waals surface area contributed by atoms with Gasteiger partial charge < -0.3 is 5.73 Å². The van der Waals surface area contributed by atoms with Gasteiger partial charge in [-0.2, -0.15) is 17.4 Å². The molecule has 1 fully saturated rings. The number of nitrogens with two attached hydrogens (primary N) is 1. The molecule has 20 heavy (non-hydrogen) atoms. The molecule has 0 bridgehead atoms. The molecule has 0 spiro atoms. The van der Waals surface area contributed by atoms with E-state index in [0.717, 1.165) is 19.3 Å². The van der Waals surface area contributed by atoms with Gasteiger partial charge in [0.2, 0.25) is 0 Å². The second-order valence-corrected chi connectivity index (χ2v) is 9.50. The van der Waals surface area contributed by atoms with Gasteiger partial charge in [-0.15, -0.1) is 0 Å². The molecule has 0 aromatic rings. The van der Waals surface area contributed by atoms with Crippen LogP contribution >= 0.6 is 0 Å². The van der Waals surface area contributed by atoms with Crippen molar-refractivity contribution in [3.63, 3.8) is 0 Å². The third-order valence-electron chi connectivity index (χ3n) is 3.53. The van der Waals surface area contributed by atoms with E-state index in [-0.39, 0.29) is 11.3 Å². The minimum Gasteiger partial charge on any atom is -0.330 e. The first-order chi connectivity index (χ1) is 8.95. The Hall–Kier alpha value is -0.170. The smallest absolute Gasteiger partial charge is 0.279 e. The monoisotopic (exact) mass is 305 g/mol. The van der Waals surface area contributed by atoms with Gasteiger partial charge in [-0.05, 0) is 51.0 Å². The average molecular weight is 305 g/mol. The van der Waals surface area contributed by atoms with Crippen molar-refractivity contribution < 1.29 is 8.42 Å². The molecule has 5 nitrogen and oxygen atoms in total. The van der Waals surface area contributed by atoms with E-state index in [1.165, 1.54) is 0 Å². The number of rotatable bonds is 5. The van der Waals surface area contributed by atoms with Crippen LogP contribution in [0.5, 0.6) is 0 Å². The van der Waals surface area contributed by atoms with Crippen molar-refractivity contribution >= 4 is 10.2 Å². The molecule has 1 rings (SSSR count). The molecule has 1 aliphatic rings. The SMILES string of the molecule is CC(C)(C)CC(C)(C)NS(=O)(=O)N1CCCC(CN)C1. The summed E-state index contributed by atoms with van der Waals surface area (Å²) < 4.78 is 29.5. The van der Waals surface area contributed by atoms with Crippen LogP contribution in [0.2, 0.25) is 0 Å². The molecular weight excluding hydrogens is 274 g/mol. The Morgan fingerprint density at radius 2 is 1.85 bits per heavy atom. The van der Waals surface area contributed by atoms with Gasteiger partial charge >= 0.3 is 0 Å². The molecule has 1 aliphatic heterocycles. The number of nitrogens with zero attached hydrogens (tertiary/aromatic N) is 1. The molecule has 1 heterocycles. The summed E-state index contributed by atoms with van der Waals surface area (Å²) in [6.07, 6.45) is 2.70. The van der Waals surface area contributed by atoms with Crippen LogP contribution in [0.3, 0.4) is 0 Å². The first kappa shape index (κ1) is 17.9. The zero-order valence-electron chi connectivity index (χ0n) is 13.6. The Balaban J connectivity index is 2.73. The Morgan fingerprint density at radius 1 is 1.25 bits per heavy atom. The van der Waals surface area contributed by atoms with Crippen LogP contribution < -0.4 is 10.5 Å². The molecule has 1 saturated heterocycles. The van der Waals surface area contributed by atoms with Gasteiger partial charge in [-0.25, -0.2) is 0 Å². The first-order valence-electron chi connectivity index (χ1n) is 7.44. The van der Waals surface area contributed by atoms with Gasteiger partial charge in [0.25, 0.3) is 10.2 Å². The van der Waals surface area contributed by atoms with E-state index in [4.69, 9.17) is 5.73 Å². The lowest BCUT2D eigenvalue weighted by atomic mass is 9.82. The maximum Gasteiger partial charge on any atom is 0.279 e. The van der Waals surface area contributed by atoms with E-state index in [2.05, 4.69) is 25.5 Å². The minimum absolute atomic E-state index is 0.0771. The highest BCUT2D eigenvalue weighted by Gasteiger charge is 2.34. The molecule has 0 saturated carbocycles. The summed E-state index contributed by atoms with van der Waals surface area (Å²) in [4.78, 5) is 0. The lowest BCUT2D eigenvalue weighted by Gasteiger charge is -2.37. The van der Waals surface area contributed by atoms with Crippen molar-refractivity contribution in [1.29, 1.82) is 0 Å². The van der Waals surface area contributed by atoms with E-state index < -0.39 is 15.7 Å². The Bertz CT molecular complexity index is 413. The maximum atomic E-state index is 12.5. The van der Waals surface area contributed by atoms with Crippen molar-refractivity contribution in [2.45, 2.75) is 59.4 Å². The van der Waals surface area contributed by atoms with Gasteiger partial charge in [0.05, 0.1) is 0 Å². The fourth-order valence-corrected chi connectivity index (χ4v) is 4.89. The lowest BCUT2D eigenvalue weighted by Crippen LogP contribution is -2.54. The highest BCUT2D eigenvalue weighted by Crippen LogP contribution is 2.28. The normalized spacial score (nSPS) is 23.0. The Labute approximate surface area is 124 Å². The van der Waals surface area contributed by atoms with Gasteiger partial charge in [-0.1, -0.05) is 20.8 Å². The Kier molecular flexibility index (Phi) is 5.63. The van der Waals surface area contributed by atoms with Crippen molar-refractivity contribution in [2.24, 2.45) is 17.1 Å². The van der Waals surface area contributed by atoms with Gasteiger partial charge in [0, 0.05) is 18.6 Å². The summed E-state index contributed by atoms with van der Waals surface area (Å²) in [5, 5.41) is 0. The first-order valence-corrected chi connectivity index (χ1v) is 8.88. The Morgan fingerprint density at radius 3 is 2.35 bits per heavy atom. The van der Waals surface area contributed by atoms with Crippen molar-refractivity contribution in [3.05, 3.63) is 0 Å². The van der Waals surface area contributed by atoms with E-state index in [1.54, 1.807) is 4.31 Å². The molecule has 0 amide bonds. The molecule has 0 aliphatic carbocycles. The summed E-state index contributed by atoms with van der Waals surface area (Å²) in [7, 11) is -3.43. The van der Waals surface area contributed by atoms with Crippen LogP contribution in [0, 0.1) is 11.3 Å². The number of hydrogen-bond donors (Lipinski definition) is 2. The zero-order chi connectivity index (χ0) is 15.6. The summed E-state index contributed by atoms with van der Waals surface area (Å²) >= 11 is 0. The predicted octanol–water partition coefficient (Wildman–Crippen LogP) is 1.71. The van der Waals surface area contributed by atoms with Crippen LogP contribution in [0.1, 0.15) is 53.9 Å². The summed E-state index contributed by atoms with van der Waals surface area (Å²) in [5.41, 5.74) is 5.30. The second kappa shape index (κ2) is 6.30.